The molecule has 26 heavy (non-hydrogen) atoms. The van der Waals surface area contributed by atoms with Crippen LogP contribution in [0, 0.1) is 5.92 Å². The second-order valence-electron chi connectivity index (χ2n) is 9.05. The van der Waals surface area contributed by atoms with Gasteiger partial charge in [-0.3, -0.25) is 4.79 Å². The van der Waals surface area contributed by atoms with Crippen LogP contribution < -0.4 is 0 Å². The Bertz CT molecular complexity index is 391. The molecule has 1 nitrogen and oxygen atoms in total. The fraction of sp³-hybridized carbons (Fsp3) is 0.880. The van der Waals surface area contributed by atoms with E-state index in [1.165, 1.54) is 121 Å². The van der Waals surface area contributed by atoms with Crippen LogP contribution in [0.25, 0.3) is 0 Å². The molecule has 0 aromatic rings. The van der Waals surface area contributed by atoms with E-state index in [9.17, 15) is 4.79 Å². The molecule has 0 saturated heterocycles. The third-order valence-corrected chi connectivity index (χ3v) is 6.32. The number of allylic oxidation sites excluding steroid dienone is 2. The van der Waals surface area contributed by atoms with Gasteiger partial charge in [0.2, 0.25) is 0 Å². The van der Waals surface area contributed by atoms with Gasteiger partial charge in [-0.1, -0.05) is 102 Å². The number of hydrogen-bond acceptors (Lipinski definition) is 1. The molecule has 0 aromatic heterocycles. The summed E-state index contributed by atoms with van der Waals surface area (Å²) in [5, 5.41) is 0. The fourth-order valence-electron chi connectivity index (χ4n) is 4.34. The topological polar surface area (TPSA) is 17.1 Å². The van der Waals surface area contributed by atoms with E-state index in [0.29, 0.717) is 5.78 Å². The van der Waals surface area contributed by atoms with Crippen LogP contribution in [-0.2, 0) is 4.79 Å². The molecule has 0 spiro atoms. The fourth-order valence-corrected chi connectivity index (χ4v) is 4.34. The minimum atomic E-state index is 0.482. The lowest BCUT2D eigenvalue weighted by Gasteiger charge is -2.11. The first-order valence-corrected chi connectivity index (χ1v) is 12.0. The van der Waals surface area contributed by atoms with Crippen LogP contribution in [0.1, 0.15) is 135 Å². The lowest BCUT2D eigenvalue weighted by Crippen LogP contribution is -2.02. The molecule has 0 atom stereocenters. The van der Waals surface area contributed by atoms with Crippen molar-refractivity contribution in [3.05, 3.63) is 11.6 Å². The standard InChI is InChI=1S/C25H44O/c26-25(22-24-17-13-11-14-18-24)19-15-10-8-6-4-2-1-3-5-7-9-12-16-23-20-21-23/h17,23H,1-16,18-22H2. The molecule has 0 unspecified atom stereocenters. The molecular weight excluding hydrogens is 316 g/mol. The van der Waals surface area contributed by atoms with Gasteiger partial charge in [0.05, 0.1) is 0 Å². The summed E-state index contributed by atoms with van der Waals surface area (Å²) in [4.78, 5) is 12.0. The first kappa shape index (κ1) is 21.7. The number of hydrogen-bond donors (Lipinski definition) is 0. The van der Waals surface area contributed by atoms with Gasteiger partial charge in [-0.05, 0) is 38.0 Å². The lowest BCUT2D eigenvalue weighted by molar-refractivity contribution is -0.118. The first-order valence-electron chi connectivity index (χ1n) is 12.0. The van der Waals surface area contributed by atoms with Crippen LogP contribution in [0.5, 0.6) is 0 Å². The SMILES string of the molecule is O=C(CCCCCCCCCCCCCCC1CC1)CC1=CCCCC1. The van der Waals surface area contributed by atoms with Crippen molar-refractivity contribution in [3.8, 4) is 0 Å². The van der Waals surface area contributed by atoms with Crippen molar-refractivity contribution in [2.75, 3.05) is 0 Å². The minimum absolute atomic E-state index is 0.482. The largest absolute Gasteiger partial charge is 0.299 e. The van der Waals surface area contributed by atoms with Gasteiger partial charge in [-0.15, -0.1) is 0 Å². The zero-order valence-corrected chi connectivity index (χ0v) is 17.4. The summed E-state index contributed by atoms with van der Waals surface area (Å²) in [5.41, 5.74) is 1.42. The molecule has 0 heterocycles. The molecule has 1 fully saturated rings. The Morgan fingerprint density at radius 2 is 1.35 bits per heavy atom. The van der Waals surface area contributed by atoms with Gasteiger partial charge in [0.25, 0.3) is 0 Å². The Morgan fingerprint density at radius 1 is 0.769 bits per heavy atom. The van der Waals surface area contributed by atoms with E-state index in [2.05, 4.69) is 6.08 Å². The molecule has 2 rings (SSSR count). The second kappa shape index (κ2) is 14.5. The summed E-state index contributed by atoms with van der Waals surface area (Å²) >= 11 is 0. The highest BCUT2D eigenvalue weighted by Crippen LogP contribution is 2.34. The van der Waals surface area contributed by atoms with Gasteiger partial charge in [0.1, 0.15) is 5.78 Å². The van der Waals surface area contributed by atoms with E-state index in [4.69, 9.17) is 0 Å². The Labute approximate surface area is 163 Å². The Morgan fingerprint density at radius 3 is 1.88 bits per heavy atom. The summed E-state index contributed by atoms with van der Waals surface area (Å²) < 4.78 is 0. The third kappa shape index (κ3) is 11.9. The smallest absolute Gasteiger partial charge is 0.136 e. The van der Waals surface area contributed by atoms with Crippen molar-refractivity contribution in [2.24, 2.45) is 5.92 Å². The highest BCUT2D eigenvalue weighted by Gasteiger charge is 2.19. The normalized spacial score (nSPS) is 17.3. The second-order valence-corrected chi connectivity index (χ2v) is 9.05. The van der Waals surface area contributed by atoms with E-state index < -0.39 is 0 Å². The average molecular weight is 361 g/mol. The zero-order valence-electron chi connectivity index (χ0n) is 17.4. The molecule has 0 N–H and O–H groups in total. The maximum atomic E-state index is 12.0. The summed E-state index contributed by atoms with van der Waals surface area (Å²) in [6, 6.07) is 0. The zero-order chi connectivity index (χ0) is 18.3. The quantitative estimate of drug-likeness (QED) is 0.188. The van der Waals surface area contributed by atoms with Crippen molar-refractivity contribution in [2.45, 2.75) is 135 Å². The van der Waals surface area contributed by atoms with Crippen molar-refractivity contribution in [1.82, 2.24) is 0 Å². The van der Waals surface area contributed by atoms with Crippen LogP contribution in [0.4, 0.5) is 0 Å². The Balaban J connectivity index is 1.25. The monoisotopic (exact) mass is 360 g/mol. The van der Waals surface area contributed by atoms with Crippen molar-refractivity contribution < 1.29 is 4.79 Å². The summed E-state index contributed by atoms with van der Waals surface area (Å²) in [5.74, 6) is 1.61. The van der Waals surface area contributed by atoms with Gasteiger partial charge in [0.15, 0.2) is 0 Å². The van der Waals surface area contributed by atoms with E-state index in [0.717, 1.165) is 25.2 Å². The number of Topliss-reactive ketones (excluding diaryl/α,β-unsaturated/α-hetero) is 1. The number of rotatable bonds is 17. The van der Waals surface area contributed by atoms with Gasteiger partial charge >= 0.3 is 0 Å². The number of unbranched alkanes of at least 4 members (excludes halogenated alkanes) is 11. The molecule has 0 radical (unpaired) electrons. The average Bonchev–Trinajstić information content (AvgIpc) is 3.47. The van der Waals surface area contributed by atoms with Gasteiger partial charge in [0, 0.05) is 12.8 Å². The molecule has 1 saturated carbocycles. The van der Waals surface area contributed by atoms with Crippen LogP contribution in [-0.4, -0.2) is 5.78 Å². The number of ketones is 1. The lowest BCUT2D eigenvalue weighted by atomic mass is 9.94. The predicted octanol–water partition coefficient (Wildman–Crippen LogP) is 8.32. The van der Waals surface area contributed by atoms with Crippen molar-refractivity contribution >= 4 is 5.78 Å². The Kier molecular flexibility index (Phi) is 12.1. The van der Waals surface area contributed by atoms with Crippen molar-refractivity contribution in [1.29, 1.82) is 0 Å². The van der Waals surface area contributed by atoms with Crippen LogP contribution in [0.2, 0.25) is 0 Å². The van der Waals surface area contributed by atoms with E-state index in [1.54, 1.807) is 0 Å². The first-order chi connectivity index (χ1) is 12.8. The molecule has 1 heteroatoms. The molecule has 2 aliphatic carbocycles. The highest BCUT2D eigenvalue weighted by atomic mass is 16.1. The predicted molar refractivity (Wildman–Crippen MR) is 114 cm³/mol. The van der Waals surface area contributed by atoms with Crippen LogP contribution in [0.3, 0.4) is 0 Å². The maximum absolute atomic E-state index is 12.0. The molecule has 2 aliphatic rings. The van der Waals surface area contributed by atoms with Gasteiger partial charge in [-0.2, -0.15) is 0 Å². The Hall–Kier alpha value is -0.590. The number of carbonyl (C=O) groups excluding carboxylic acids is 1. The summed E-state index contributed by atoms with van der Waals surface area (Å²) in [6.45, 7) is 0. The van der Waals surface area contributed by atoms with E-state index in [-0.39, 0.29) is 0 Å². The maximum Gasteiger partial charge on any atom is 0.136 e. The molecular formula is C25H44O. The van der Waals surface area contributed by atoms with E-state index >= 15 is 0 Å². The van der Waals surface area contributed by atoms with Crippen molar-refractivity contribution in [3.63, 3.8) is 0 Å². The summed E-state index contributed by atoms with van der Waals surface area (Å²) in [6.07, 6.45) is 30.1. The van der Waals surface area contributed by atoms with Gasteiger partial charge < -0.3 is 0 Å². The molecule has 0 amide bonds. The molecule has 150 valence electrons. The van der Waals surface area contributed by atoms with Crippen LogP contribution in [0.15, 0.2) is 11.6 Å². The summed E-state index contributed by atoms with van der Waals surface area (Å²) in [7, 11) is 0. The minimum Gasteiger partial charge on any atom is -0.299 e. The van der Waals surface area contributed by atoms with Gasteiger partial charge in [-0.25, -0.2) is 0 Å². The third-order valence-electron chi connectivity index (χ3n) is 6.32. The number of carbonyl (C=O) groups is 1. The molecule has 0 bridgehead atoms. The van der Waals surface area contributed by atoms with Crippen LogP contribution >= 0.6 is 0 Å². The molecule has 0 aliphatic heterocycles. The van der Waals surface area contributed by atoms with E-state index in [1.807, 2.05) is 0 Å². The highest BCUT2D eigenvalue weighted by molar-refractivity contribution is 5.80. The molecule has 0 aromatic carbocycles.